The van der Waals surface area contributed by atoms with E-state index in [2.05, 4.69) is 20.9 Å². The van der Waals surface area contributed by atoms with Crippen LogP contribution in [0.5, 0.6) is 0 Å². The van der Waals surface area contributed by atoms with E-state index in [1.807, 2.05) is 25.1 Å². The summed E-state index contributed by atoms with van der Waals surface area (Å²) in [7, 11) is 0. The number of nitrogen functional groups attached to an aromatic ring is 1. The summed E-state index contributed by atoms with van der Waals surface area (Å²) < 4.78 is 0.988. The molecule has 16 heavy (non-hydrogen) atoms. The number of aryl methyl sites for hydroxylation is 1. The topological polar surface area (TPSA) is 38.9 Å². The number of benzene rings is 1. The van der Waals surface area contributed by atoms with Gasteiger partial charge in [-0.25, -0.2) is 4.98 Å². The molecule has 0 aliphatic rings. The first-order valence-corrected chi connectivity index (χ1v) is 6.70. The quantitative estimate of drug-likeness (QED) is 0.908. The van der Waals surface area contributed by atoms with Gasteiger partial charge in [-0.3, -0.25) is 0 Å². The van der Waals surface area contributed by atoms with Gasteiger partial charge >= 0.3 is 0 Å². The van der Waals surface area contributed by atoms with Crippen molar-refractivity contribution in [3.8, 4) is 0 Å². The van der Waals surface area contributed by atoms with Crippen LogP contribution >= 0.6 is 38.9 Å². The predicted octanol–water partition coefficient (Wildman–Crippen LogP) is 4.04. The van der Waals surface area contributed by atoms with E-state index < -0.39 is 0 Å². The highest BCUT2D eigenvalue weighted by Gasteiger charge is 2.08. The summed E-state index contributed by atoms with van der Waals surface area (Å²) >= 11 is 11.1. The van der Waals surface area contributed by atoms with Gasteiger partial charge in [-0.1, -0.05) is 33.6 Å². The predicted molar refractivity (Wildman–Crippen MR) is 73.2 cm³/mol. The molecule has 0 saturated heterocycles. The van der Waals surface area contributed by atoms with Crippen molar-refractivity contribution >= 4 is 44.0 Å². The molecular weight excluding hydrogens is 308 g/mol. The Morgan fingerprint density at radius 3 is 2.81 bits per heavy atom. The molecule has 1 aromatic heterocycles. The van der Waals surface area contributed by atoms with Crippen molar-refractivity contribution in [2.45, 2.75) is 13.3 Å². The van der Waals surface area contributed by atoms with Crippen LogP contribution < -0.4 is 5.73 Å². The maximum absolute atomic E-state index is 6.16. The molecule has 0 amide bonds. The lowest BCUT2D eigenvalue weighted by Crippen LogP contribution is -1.89. The van der Waals surface area contributed by atoms with E-state index in [0.29, 0.717) is 5.13 Å². The van der Waals surface area contributed by atoms with Crippen molar-refractivity contribution < 1.29 is 0 Å². The number of anilines is 1. The summed E-state index contributed by atoms with van der Waals surface area (Å²) in [4.78, 5) is 5.37. The van der Waals surface area contributed by atoms with Crippen LogP contribution in [0, 0.1) is 6.92 Å². The number of nitrogens with two attached hydrogens (primary N) is 1. The van der Waals surface area contributed by atoms with E-state index in [-0.39, 0.29) is 0 Å². The minimum Gasteiger partial charge on any atom is -0.375 e. The lowest BCUT2D eigenvalue weighted by Gasteiger charge is -2.03. The van der Waals surface area contributed by atoms with Gasteiger partial charge < -0.3 is 5.73 Å². The van der Waals surface area contributed by atoms with Crippen LogP contribution in [-0.2, 0) is 6.42 Å². The molecule has 2 rings (SSSR count). The number of aromatic nitrogens is 1. The first kappa shape index (κ1) is 11.9. The zero-order valence-corrected chi connectivity index (χ0v) is 11.8. The van der Waals surface area contributed by atoms with Crippen LogP contribution in [-0.4, -0.2) is 4.98 Å². The third-order valence-corrected chi connectivity index (χ3v) is 4.11. The highest BCUT2D eigenvalue weighted by Crippen LogP contribution is 2.27. The SMILES string of the molecule is Cc1nc(N)sc1Cc1ccc(Br)cc1Cl. The zero-order chi connectivity index (χ0) is 11.7. The summed E-state index contributed by atoms with van der Waals surface area (Å²) in [6.45, 7) is 1.97. The monoisotopic (exact) mass is 316 g/mol. The van der Waals surface area contributed by atoms with E-state index in [9.17, 15) is 0 Å². The Hall–Kier alpha value is -0.580. The fourth-order valence-electron chi connectivity index (χ4n) is 1.45. The number of hydrogen-bond acceptors (Lipinski definition) is 3. The second-order valence-electron chi connectivity index (χ2n) is 3.47. The van der Waals surface area contributed by atoms with E-state index in [1.54, 1.807) is 0 Å². The number of thiazole rings is 1. The molecule has 5 heteroatoms. The van der Waals surface area contributed by atoms with Crippen LogP contribution in [0.25, 0.3) is 0 Å². The van der Waals surface area contributed by atoms with Crippen LogP contribution in [0.2, 0.25) is 5.02 Å². The highest BCUT2D eigenvalue weighted by molar-refractivity contribution is 9.10. The summed E-state index contributed by atoms with van der Waals surface area (Å²) in [5.41, 5.74) is 7.74. The second kappa shape index (κ2) is 4.73. The third-order valence-electron chi connectivity index (χ3n) is 2.28. The minimum atomic E-state index is 0.612. The van der Waals surface area contributed by atoms with Gasteiger partial charge in [0.25, 0.3) is 0 Å². The summed E-state index contributed by atoms with van der Waals surface area (Å²) in [5, 5.41) is 1.38. The Labute approximate surface area is 112 Å². The summed E-state index contributed by atoms with van der Waals surface area (Å²) in [6.07, 6.45) is 0.785. The molecule has 1 heterocycles. The van der Waals surface area contributed by atoms with Crippen LogP contribution in [0.1, 0.15) is 16.1 Å². The van der Waals surface area contributed by atoms with E-state index in [4.69, 9.17) is 17.3 Å². The van der Waals surface area contributed by atoms with E-state index >= 15 is 0 Å². The van der Waals surface area contributed by atoms with E-state index in [1.165, 1.54) is 16.2 Å². The van der Waals surface area contributed by atoms with Crippen LogP contribution in [0.4, 0.5) is 5.13 Å². The average Bonchev–Trinajstić information content (AvgIpc) is 2.50. The number of nitrogens with zero attached hydrogens (tertiary/aromatic N) is 1. The van der Waals surface area contributed by atoms with E-state index in [0.717, 1.165) is 27.2 Å². The van der Waals surface area contributed by atoms with Crippen LogP contribution in [0.3, 0.4) is 0 Å². The molecule has 0 radical (unpaired) electrons. The van der Waals surface area contributed by atoms with Crippen molar-refractivity contribution in [1.82, 2.24) is 4.98 Å². The lowest BCUT2D eigenvalue weighted by molar-refractivity contribution is 1.15. The van der Waals surface area contributed by atoms with Crippen molar-refractivity contribution in [2.24, 2.45) is 0 Å². The van der Waals surface area contributed by atoms with Gasteiger partial charge in [0, 0.05) is 20.8 Å². The molecule has 0 saturated carbocycles. The molecule has 0 aliphatic heterocycles. The van der Waals surface area contributed by atoms with Crippen molar-refractivity contribution in [3.05, 3.63) is 43.8 Å². The molecule has 0 bridgehead atoms. The fraction of sp³-hybridized carbons (Fsp3) is 0.182. The molecule has 2 N–H and O–H groups in total. The minimum absolute atomic E-state index is 0.612. The maximum atomic E-state index is 6.16. The molecule has 0 fully saturated rings. The Morgan fingerprint density at radius 2 is 2.25 bits per heavy atom. The first-order chi connectivity index (χ1) is 7.56. The fourth-order valence-corrected chi connectivity index (χ4v) is 3.05. The normalized spacial score (nSPS) is 10.7. The van der Waals surface area contributed by atoms with Gasteiger partial charge in [0.15, 0.2) is 5.13 Å². The molecule has 1 aromatic carbocycles. The maximum Gasteiger partial charge on any atom is 0.180 e. The van der Waals surface area contributed by atoms with Gasteiger partial charge in [-0.2, -0.15) is 0 Å². The number of rotatable bonds is 2. The second-order valence-corrected chi connectivity index (χ2v) is 5.91. The molecular formula is C11H10BrClN2S. The standard InChI is InChI=1S/C11H10BrClN2S/c1-6-10(16-11(14)15-6)4-7-2-3-8(12)5-9(7)13/h2-3,5H,4H2,1H3,(H2,14,15). The molecule has 0 spiro atoms. The zero-order valence-electron chi connectivity index (χ0n) is 8.63. The van der Waals surface area contributed by atoms with Crippen molar-refractivity contribution in [3.63, 3.8) is 0 Å². The van der Waals surface area contributed by atoms with Crippen LogP contribution in [0.15, 0.2) is 22.7 Å². The Balaban J connectivity index is 2.30. The lowest BCUT2D eigenvalue weighted by atomic mass is 10.1. The van der Waals surface area contributed by atoms with Crippen molar-refractivity contribution in [2.75, 3.05) is 5.73 Å². The molecule has 2 nitrogen and oxygen atoms in total. The third kappa shape index (κ3) is 2.56. The summed E-state index contributed by atoms with van der Waals surface area (Å²) in [5.74, 6) is 0. The largest absolute Gasteiger partial charge is 0.375 e. The van der Waals surface area contributed by atoms with Gasteiger partial charge in [-0.15, -0.1) is 11.3 Å². The highest BCUT2D eigenvalue weighted by atomic mass is 79.9. The first-order valence-electron chi connectivity index (χ1n) is 4.72. The van der Waals surface area contributed by atoms with Gasteiger partial charge in [0.05, 0.1) is 5.69 Å². The van der Waals surface area contributed by atoms with Gasteiger partial charge in [0.2, 0.25) is 0 Å². The Morgan fingerprint density at radius 1 is 1.50 bits per heavy atom. The molecule has 0 unspecified atom stereocenters. The van der Waals surface area contributed by atoms with Gasteiger partial charge in [0.1, 0.15) is 0 Å². The Bertz CT molecular complexity index is 525. The average molecular weight is 318 g/mol. The molecule has 2 aromatic rings. The summed E-state index contributed by atoms with van der Waals surface area (Å²) in [6, 6.07) is 5.90. The molecule has 0 aliphatic carbocycles. The molecule has 0 atom stereocenters. The Kier molecular flexibility index (Phi) is 3.52. The molecule has 84 valence electrons. The number of halogens is 2. The number of hydrogen-bond donors (Lipinski definition) is 1. The smallest absolute Gasteiger partial charge is 0.180 e. The van der Waals surface area contributed by atoms with Gasteiger partial charge in [-0.05, 0) is 24.6 Å². The van der Waals surface area contributed by atoms with Crippen molar-refractivity contribution in [1.29, 1.82) is 0 Å².